The molecule has 1 heterocycles. The Balaban J connectivity index is 2.39. The van der Waals surface area contributed by atoms with Gasteiger partial charge in [-0.25, -0.2) is 14.8 Å². The van der Waals surface area contributed by atoms with Crippen LogP contribution in [0, 0.1) is 0 Å². The first-order chi connectivity index (χ1) is 10.0. The molecule has 4 heteroatoms. The molecule has 0 aliphatic heterocycles. The van der Waals surface area contributed by atoms with Crippen molar-refractivity contribution in [2.75, 3.05) is 0 Å². The molecule has 2 rings (SSSR count). The zero-order valence-corrected chi connectivity index (χ0v) is 12.6. The van der Waals surface area contributed by atoms with E-state index in [4.69, 9.17) is 0 Å². The lowest BCUT2D eigenvalue weighted by Crippen LogP contribution is -2.07. The van der Waals surface area contributed by atoms with Crippen molar-refractivity contribution >= 4 is 5.97 Å². The number of hydrogen-bond donors (Lipinski definition) is 1. The van der Waals surface area contributed by atoms with E-state index in [1.54, 1.807) is 0 Å². The maximum atomic E-state index is 11.2. The molecule has 0 aliphatic rings. The molecule has 0 spiro atoms. The Morgan fingerprint density at radius 1 is 1.24 bits per heavy atom. The highest BCUT2D eigenvalue weighted by molar-refractivity contribution is 5.88. The number of carboxylic acid groups (broad SMARTS) is 1. The van der Waals surface area contributed by atoms with E-state index in [0.717, 1.165) is 12.0 Å². The van der Waals surface area contributed by atoms with E-state index < -0.39 is 5.97 Å². The minimum atomic E-state index is -0.972. The molecule has 0 bridgehead atoms. The SMILES string of the molecule is CCCc1nc(-c2ccc(C(C)C)cc2)ncc1C(=O)O. The van der Waals surface area contributed by atoms with Gasteiger partial charge in [0.05, 0.1) is 11.3 Å². The van der Waals surface area contributed by atoms with E-state index in [1.165, 1.54) is 11.8 Å². The molecule has 1 aromatic heterocycles. The summed E-state index contributed by atoms with van der Waals surface area (Å²) in [6.45, 7) is 6.30. The topological polar surface area (TPSA) is 63.1 Å². The zero-order chi connectivity index (χ0) is 15.4. The minimum Gasteiger partial charge on any atom is -0.478 e. The predicted molar refractivity (Wildman–Crippen MR) is 82.5 cm³/mol. The van der Waals surface area contributed by atoms with E-state index in [-0.39, 0.29) is 5.56 Å². The van der Waals surface area contributed by atoms with Crippen molar-refractivity contribution in [1.29, 1.82) is 0 Å². The van der Waals surface area contributed by atoms with Gasteiger partial charge in [0.1, 0.15) is 0 Å². The van der Waals surface area contributed by atoms with Gasteiger partial charge in [-0.15, -0.1) is 0 Å². The molecule has 1 N–H and O–H groups in total. The zero-order valence-electron chi connectivity index (χ0n) is 12.6. The van der Waals surface area contributed by atoms with Crippen molar-refractivity contribution in [1.82, 2.24) is 9.97 Å². The summed E-state index contributed by atoms with van der Waals surface area (Å²) in [6.07, 6.45) is 2.90. The first-order valence-electron chi connectivity index (χ1n) is 7.22. The van der Waals surface area contributed by atoms with E-state index in [0.29, 0.717) is 23.9 Å². The standard InChI is InChI=1S/C17H20N2O2/c1-4-5-15-14(17(20)21)10-18-16(19-15)13-8-6-12(7-9-13)11(2)3/h6-11H,4-5H2,1-3H3,(H,20,21). The Kier molecular flexibility index (Phi) is 4.68. The van der Waals surface area contributed by atoms with Gasteiger partial charge in [-0.2, -0.15) is 0 Å². The van der Waals surface area contributed by atoms with Gasteiger partial charge in [-0.1, -0.05) is 51.5 Å². The van der Waals surface area contributed by atoms with Gasteiger partial charge < -0.3 is 5.11 Å². The molecule has 2 aromatic rings. The Hall–Kier alpha value is -2.23. The van der Waals surface area contributed by atoms with Gasteiger partial charge in [0.2, 0.25) is 0 Å². The van der Waals surface area contributed by atoms with Crippen molar-refractivity contribution in [3.8, 4) is 11.4 Å². The molecule has 0 fully saturated rings. The molecule has 0 aliphatic carbocycles. The largest absolute Gasteiger partial charge is 0.478 e. The summed E-state index contributed by atoms with van der Waals surface area (Å²) >= 11 is 0. The molecule has 0 saturated heterocycles. The summed E-state index contributed by atoms with van der Waals surface area (Å²) < 4.78 is 0. The van der Waals surface area contributed by atoms with Crippen molar-refractivity contribution in [2.45, 2.75) is 39.5 Å². The van der Waals surface area contributed by atoms with Crippen LogP contribution < -0.4 is 0 Å². The van der Waals surface area contributed by atoms with E-state index in [1.807, 2.05) is 19.1 Å². The summed E-state index contributed by atoms with van der Waals surface area (Å²) in [5, 5.41) is 9.17. The maximum absolute atomic E-state index is 11.2. The monoisotopic (exact) mass is 284 g/mol. The number of nitrogens with zero attached hydrogens (tertiary/aromatic N) is 2. The first-order valence-corrected chi connectivity index (χ1v) is 7.22. The van der Waals surface area contributed by atoms with E-state index >= 15 is 0 Å². The van der Waals surface area contributed by atoms with Gasteiger partial charge in [0.25, 0.3) is 0 Å². The summed E-state index contributed by atoms with van der Waals surface area (Å²) in [4.78, 5) is 19.8. The number of carboxylic acids is 1. The number of aromatic nitrogens is 2. The summed E-state index contributed by atoms with van der Waals surface area (Å²) in [6, 6.07) is 8.10. The average molecular weight is 284 g/mol. The maximum Gasteiger partial charge on any atom is 0.339 e. The van der Waals surface area contributed by atoms with Crippen LogP contribution in [0.4, 0.5) is 0 Å². The summed E-state index contributed by atoms with van der Waals surface area (Å²) in [5.74, 6) is 0.0870. The van der Waals surface area contributed by atoms with Gasteiger partial charge in [-0.05, 0) is 17.9 Å². The van der Waals surface area contributed by atoms with Crippen LogP contribution in [0.15, 0.2) is 30.5 Å². The van der Waals surface area contributed by atoms with Crippen LogP contribution >= 0.6 is 0 Å². The smallest absolute Gasteiger partial charge is 0.339 e. The van der Waals surface area contributed by atoms with Crippen LogP contribution in [-0.4, -0.2) is 21.0 Å². The van der Waals surface area contributed by atoms with E-state index in [2.05, 4.69) is 35.9 Å². The first kappa shape index (κ1) is 15.2. The lowest BCUT2D eigenvalue weighted by molar-refractivity contribution is 0.0694. The third-order valence-corrected chi connectivity index (χ3v) is 3.42. The molecule has 0 atom stereocenters. The second-order valence-corrected chi connectivity index (χ2v) is 5.39. The molecule has 21 heavy (non-hydrogen) atoms. The van der Waals surface area contributed by atoms with Crippen LogP contribution in [0.3, 0.4) is 0 Å². The molecule has 0 amide bonds. The fourth-order valence-electron chi connectivity index (χ4n) is 2.18. The van der Waals surface area contributed by atoms with Crippen molar-refractivity contribution < 1.29 is 9.90 Å². The number of aryl methyl sites for hydroxylation is 1. The molecule has 1 aromatic carbocycles. The average Bonchev–Trinajstić information content (AvgIpc) is 2.47. The normalized spacial score (nSPS) is 10.9. The minimum absolute atomic E-state index is 0.194. The quantitative estimate of drug-likeness (QED) is 0.904. The highest BCUT2D eigenvalue weighted by Gasteiger charge is 2.13. The lowest BCUT2D eigenvalue weighted by atomic mass is 10.0. The Morgan fingerprint density at radius 2 is 1.90 bits per heavy atom. The van der Waals surface area contributed by atoms with Crippen LogP contribution in [0.25, 0.3) is 11.4 Å². The Bertz CT molecular complexity index is 634. The van der Waals surface area contributed by atoms with Crippen LogP contribution in [0.1, 0.15) is 54.7 Å². The fourth-order valence-corrected chi connectivity index (χ4v) is 2.18. The Labute approximate surface area is 124 Å². The van der Waals surface area contributed by atoms with Crippen molar-refractivity contribution in [2.24, 2.45) is 0 Å². The third-order valence-electron chi connectivity index (χ3n) is 3.42. The van der Waals surface area contributed by atoms with E-state index in [9.17, 15) is 9.90 Å². The van der Waals surface area contributed by atoms with Crippen molar-refractivity contribution in [3.63, 3.8) is 0 Å². The second kappa shape index (κ2) is 6.48. The highest BCUT2D eigenvalue weighted by Crippen LogP contribution is 2.21. The molecule has 4 nitrogen and oxygen atoms in total. The van der Waals surface area contributed by atoms with Crippen molar-refractivity contribution in [3.05, 3.63) is 47.3 Å². The van der Waals surface area contributed by atoms with Gasteiger partial charge >= 0.3 is 5.97 Å². The molecular weight excluding hydrogens is 264 g/mol. The van der Waals surface area contributed by atoms with Gasteiger partial charge in [-0.3, -0.25) is 0 Å². The second-order valence-electron chi connectivity index (χ2n) is 5.39. The molecule has 0 unspecified atom stereocenters. The van der Waals surface area contributed by atoms with Crippen LogP contribution in [-0.2, 0) is 6.42 Å². The Morgan fingerprint density at radius 3 is 2.43 bits per heavy atom. The lowest BCUT2D eigenvalue weighted by Gasteiger charge is -2.08. The third kappa shape index (κ3) is 3.45. The molecule has 110 valence electrons. The number of benzene rings is 1. The molecular formula is C17H20N2O2. The molecule has 0 radical (unpaired) electrons. The van der Waals surface area contributed by atoms with Gasteiger partial charge in [0.15, 0.2) is 5.82 Å². The van der Waals surface area contributed by atoms with Crippen LogP contribution in [0.2, 0.25) is 0 Å². The summed E-state index contributed by atoms with van der Waals surface area (Å²) in [5.41, 5.74) is 2.96. The fraction of sp³-hybridized carbons (Fsp3) is 0.353. The predicted octanol–water partition coefficient (Wildman–Crippen LogP) is 3.92. The number of carbonyl (C=O) groups is 1. The van der Waals surface area contributed by atoms with Gasteiger partial charge in [0, 0.05) is 11.8 Å². The highest BCUT2D eigenvalue weighted by atomic mass is 16.4. The number of rotatable bonds is 5. The number of hydrogen-bond acceptors (Lipinski definition) is 3. The van der Waals surface area contributed by atoms with Crippen LogP contribution in [0.5, 0.6) is 0 Å². The summed E-state index contributed by atoms with van der Waals surface area (Å²) in [7, 11) is 0. The number of aromatic carboxylic acids is 1. The molecule has 0 saturated carbocycles.